The molecule has 0 aliphatic heterocycles. The molecule has 0 spiro atoms. The summed E-state index contributed by atoms with van der Waals surface area (Å²) in [6.45, 7) is 13.9. The van der Waals surface area contributed by atoms with E-state index in [1.807, 2.05) is 24.3 Å². The monoisotopic (exact) mass is 333 g/mol. The molecule has 2 rings (SSSR count). The van der Waals surface area contributed by atoms with Crippen LogP contribution >= 0.6 is 27.5 Å². The van der Waals surface area contributed by atoms with Gasteiger partial charge in [-0.2, -0.15) is 0 Å². The van der Waals surface area contributed by atoms with Gasteiger partial charge < -0.3 is 15.0 Å². The zero-order chi connectivity index (χ0) is 13.8. The minimum Gasteiger partial charge on any atom is -0.370 e. The van der Waals surface area contributed by atoms with E-state index in [0.717, 1.165) is 10.2 Å². The van der Waals surface area contributed by atoms with E-state index in [2.05, 4.69) is 40.9 Å². The van der Waals surface area contributed by atoms with Crippen LogP contribution in [0, 0.1) is 13.1 Å². The zero-order valence-corrected chi connectivity index (χ0v) is 11.7. The predicted octanol–water partition coefficient (Wildman–Crippen LogP) is 4.74. The number of nitrogens with one attached hydrogen (secondary N) is 1. The minimum absolute atomic E-state index is 0.0568. The van der Waals surface area contributed by atoms with Crippen molar-refractivity contribution in [3.8, 4) is 0 Å². The lowest BCUT2D eigenvalue weighted by Gasteiger charge is -2.03. The third-order valence-electron chi connectivity index (χ3n) is 2.14. The number of aromatic nitrogens is 2. The highest BCUT2D eigenvalue weighted by Gasteiger charge is 2.17. The van der Waals surface area contributed by atoms with Gasteiger partial charge in [0.25, 0.3) is 22.6 Å². The Morgan fingerprint density at radius 3 is 2.21 bits per heavy atom. The van der Waals surface area contributed by atoms with Gasteiger partial charge in [0.1, 0.15) is 0 Å². The Balaban J connectivity index is 2.39. The van der Waals surface area contributed by atoms with Crippen LogP contribution in [0.2, 0.25) is 5.15 Å². The highest BCUT2D eigenvalue weighted by molar-refractivity contribution is 9.10. The van der Waals surface area contributed by atoms with Crippen LogP contribution in [0.4, 0.5) is 23.1 Å². The number of hydrogen-bond acceptors (Lipinski definition) is 3. The van der Waals surface area contributed by atoms with Gasteiger partial charge in [0, 0.05) is 10.2 Å². The van der Waals surface area contributed by atoms with Crippen LogP contribution < -0.4 is 5.32 Å². The molecule has 0 amide bonds. The van der Waals surface area contributed by atoms with Gasteiger partial charge >= 0.3 is 0 Å². The molecule has 0 aliphatic carbocycles. The molecule has 92 valence electrons. The molecule has 1 N–H and O–H groups in total. The Bertz CT molecular complexity index is 700. The average Bonchev–Trinajstić information content (AvgIpc) is 2.43. The second-order valence-corrected chi connectivity index (χ2v) is 4.64. The molecule has 7 heteroatoms. The number of benzene rings is 1. The molecule has 0 saturated heterocycles. The summed E-state index contributed by atoms with van der Waals surface area (Å²) in [4.78, 5) is 14.1. The highest BCUT2D eigenvalue weighted by atomic mass is 79.9. The first-order valence-corrected chi connectivity index (χ1v) is 6.16. The molecule has 0 aliphatic rings. The van der Waals surface area contributed by atoms with Crippen LogP contribution in [-0.2, 0) is 0 Å². The Kier molecular flexibility index (Phi) is 3.96. The van der Waals surface area contributed by atoms with Crippen molar-refractivity contribution in [1.29, 1.82) is 0 Å². The number of hydrogen-bond donors (Lipinski definition) is 1. The van der Waals surface area contributed by atoms with Crippen molar-refractivity contribution in [2.75, 3.05) is 5.32 Å². The second-order valence-electron chi connectivity index (χ2n) is 3.37. The van der Waals surface area contributed by atoms with Crippen LogP contribution in [0.25, 0.3) is 9.69 Å². The van der Waals surface area contributed by atoms with E-state index in [1.165, 1.54) is 0 Å². The van der Waals surface area contributed by atoms with E-state index >= 15 is 0 Å². The maximum Gasteiger partial charge on any atom is 0.295 e. The van der Waals surface area contributed by atoms with Gasteiger partial charge in [-0.15, -0.1) is 9.97 Å². The molecule has 1 aromatic heterocycles. The molecule has 0 bridgehead atoms. The van der Waals surface area contributed by atoms with Crippen LogP contribution in [-0.4, -0.2) is 9.97 Å². The van der Waals surface area contributed by atoms with Crippen LogP contribution in [0.15, 0.2) is 28.7 Å². The third kappa shape index (κ3) is 3.00. The number of nitrogens with zero attached hydrogens (tertiary/aromatic N) is 4. The summed E-state index contributed by atoms with van der Waals surface area (Å²) in [7, 11) is 0. The van der Waals surface area contributed by atoms with Crippen molar-refractivity contribution in [2.45, 2.75) is 0 Å². The predicted molar refractivity (Wildman–Crippen MR) is 77.0 cm³/mol. The molecule has 1 aromatic carbocycles. The highest BCUT2D eigenvalue weighted by Crippen LogP contribution is 2.31. The van der Waals surface area contributed by atoms with E-state index < -0.39 is 0 Å². The molecular weight excluding hydrogens is 330 g/mol. The topological polar surface area (TPSA) is 46.5 Å². The van der Waals surface area contributed by atoms with Crippen molar-refractivity contribution in [1.82, 2.24) is 9.97 Å². The van der Waals surface area contributed by atoms with E-state index in [0.29, 0.717) is 0 Å². The lowest BCUT2D eigenvalue weighted by atomic mass is 10.3. The summed E-state index contributed by atoms with van der Waals surface area (Å²) in [5.74, 6) is 0.0859. The molecule has 2 aromatic rings. The van der Waals surface area contributed by atoms with Gasteiger partial charge in [0.2, 0.25) is 0 Å². The first-order chi connectivity index (χ1) is 9.13. The normalized spacial score (nSPS) is 9.47. The summed E-state index contributed by atoms with van der Waals surface area (Å²) in [5.41, 5.74) is 0.755. The summed E-state index contributed by atoms with van der Waals surface area (Å²) in [5, 5.41) is 3.01. The van der Waals surface area contributed by atoms with Gasteiger partial charge in [0.05, 0.1) is 0 Å². The first kappa shape index (κ1) is 13.3. The molecular formula is C12H5BrClN5. The van der Waals surface area contributed by atoms with Crippen LogP contribution in [0.1, 0.15) is 0 Å². The summed E-state index contributed by atoms with van der Waals surface area (Å²) >= 11 is 9.26. The fraction of sp³-hybridized carbons (Fsp3) is 0. The quantitative estimate of drug-likeness (QED) is 0.807. The summed E-state index contributed by atoms with van der Waals surface area (Å²) in [6, 6.07) is 7.35. The Morgan fingerprint density at radius 2 is 1.63 bits per heavy atom. The molecule has 0 saturated carbocycles. The van der Waals surface area contributed by atoms with Crippen molar-refractivity contribution >= 4 is 50.7 Å². The number of rotatable bonds is 2. The minimum atomic E-state index is -0.0960. The van der Waals surface area contributed by atoms with Crippen molar-refractivity contribution in [3.63, 3.8) is 0 Å². The lowest BCUT2D eigenvalue weighted by molar-refractivity contribution is 1.23. The summed E-state index contributed by atoms with van der Waals surface area (Å²) in [6.07, 6.45) is 0. The van der Waals surface area contributed by atoms with Crippen molar-refractivity contribution < 1.29 is 0 Å². The molecule has 1 heterocycles. The van der Waals surface area contributed by atoms with Crippen LogP contribution in [0.5, 0.6) is 0 Å². The van der Waals surface area contributed by atoms with Gasteiger partial charge in [-0.3, -0.25) is 0 Å². The van der Waals surface area contributed by atoms with Crippen LogP contribution in [0.3, 0.4) is 0 Å². The molecule has 0 atom stereocenters. The maximum absolute atomic E-state index is 6.96. The van der Waals surface area contributed by atoms with Gasteiger partial charge in [-0.25, -0.2) is 0 Å². The van der Waals surface area contributed by atoms with Gasteiger partial charge in [-0.1, -0.05) is 29.1 Å². The molecule has 0 radical (unpaired) electrons. The van der Waals surface area contributed by atoms with Crippen molar-refractivity contribution in [3.05, 3.63) is 56.7 Å². The Hall–Kier alpha value is -2.15. The van der Waals surface area contributed by atoms with E-state index in [-0.39, 0.29) is 22.6 Å². The Labute approximate surface area is 123 Å². The zero-order valence-electron chi connectivity index (χ0n) is 9.35. The number of anilines is 2. The van der Waals surface area contributed by atoms with E-state index in [9.17, 15) is 0 Å². The average molecular weight is 335 g/mol. The van der Waals surface area contributed by atoms with E-state index in [4.69, 9.17) is 24.7 Å². The fourth-order valence-corrected chi connectivity index (χ4v) is 1.73. The summed E-state index contributed by atoms with van der Waals surface area (Å²) < 4.78 is 0.945. The third-order valence-corrected chi connectivity index (χ3v) is 2.93. The maximum atomic E-state index is 6.96. The molecule has 19 heavy (non-hydrogen) atoms. The SMILES string of the molecule is [C-]#[N+]c1nc(Cl)c(Nc2ccc(Br)cc2)nc1[N+]#[C-]. The fourth-order valence-electron chi connectivity index (χ4n) is 1.30. The largest absolute Gasteiger partial charge is 0.370 e. The Morgan fingerprint density at radius 1 is 1.05 bits per heavy atom. The smallest absolute Gasteiger partial charge is 0.295 e. The van der Waals surface area contributed by atoms with E-state index in [1.54, 1.807) is 0 Å². The lowest BCUT2D eigenvalue weighted by Crippen LogP contribution is -1.96. The van der Waals surface area contributed by atoms with Gasteiger partial charge in [-0.05, 0) is 35.9 Å². The second kappa shape index (κ2) is 5.66. The van der Waals surface area contributed by atoms with Gasteiger partial charge in [0.15, 0.2) is 0 Å². The molecule has 5 nitrogen and oxygen atoms in total. The molecule has 0 unspecified atom stereocenters. The molecule has 0 fully saturated rings. The first-order valence-electron chi connectivity index (χ1n) is 4.99. The number of halogens is 2. The van der Waals surface area contributed by atoms with Crippen molar-refractivity contribution in [2.24, 2.45) is 0 Å². The standard InChI is InChI=1S/C12H5BrClN5/c1-15-11-12(16-2)19-10(9(14)18-11)17-8-5-3-7(13)4-6-8/h3-6H,(H,17,19).